The minimum atomic E-state index is -1.03. The molecule has 11 heavy (non-hydrogen) atoms. The van der Waals surface area contributed by atoms with E-state index in [2.05, 4.69) is 6.58 Å². The van der Waals surface area contributed by atoms with Crippen LogP contribution < -0.4 is 0 Å². The summed E-state index contributed by atoms with van der Waals surface area (Å²) < 4.78 is 0. The van der Waals surface area contributed by atoms with Crippen LogP contribution in [0.15, 0.2) is 12.2 Å². The van der Waals surface area contributed by atoms with E-state index in [1.165, 1.54) is 0 Å². The highest BCUT2D eigenvalue weighted by molar-refractivity contribution is 5.85. The van der Waals surface area contributed by atoms with Gasteiger partial charge in [-0.3, -0.25) is 0 Å². The maximum atomic E-state index is 10.2. The largest absolute Gasteiger partial charge is 0.478 e. The zero-order valence-corrected chi connectivity index (χ0v) is 6.71. The number of hydrogen-bond donors (Lipinski definition) is 2. The van der Waals surface area contributed by atoms with E-state index in [0.717, 1.165) is 6.42 Å². The summed E-state index contributed by atoms with van der Waals surface area (Å²) in [5.41, 5.74) is 0.0750. The Bertz CT molecular complexity index is 151. The number of carboxylic acids is 1. The van der Waals surface area contributed by atoms with Gasteiger partial charge in [0.25, 0.3) is 0 Å². The van der Waals surface area contributed by atoms with E-state index in [4.69, 9.17) is 10.2 Å². The zero-order chi connectivity index (χ0) is 8.85. The summed E-state index contributed by atoms with van der Waals surface area (Å²) in [6.07, 6.45) is 1.10. The molecule has 64 valence electrons. The molecule has 0 aliphatic heterocycles. The maximum Gasteiger partial charge on any atom is 0.331 e. The predicted molar refractivity (Wildman–Crippen MR) is 42.3 cm³/mol. The average Bonchev–Trinajstić information content (AvgIpc) is 1.87. The summed E-state index contributed by atoms with van der Waals surface area (Å²) >= 11 is 0. The number of aliphatic carboxylic acids is 1. The third-order valence-corrected chi connectivity index (χ3v) is 1.41. The second kappa shape index (κ2) is 4.91. The van der Waals surface area contributed by atoms with Crippen LogP contribution in [0.4, 0.5) is 0 Å². The highest BCUT2D eigenvalue weighted by atomic mass is 16.4. The van der Waals surface area contributed by atoms with Crippen molar-refractivity contribution in [3.63, 3.8) is 0 Å². The highest BCUT2D eigenvalue weighted by Crippen LogP contribution is 2.07. The Morgan fingerprint density at radius 1 is 1.64 bits per heavy atom. The third-order valence-electron chi connectivity index (χ3n) is 1.41. The van der Waals surface area contributed by atoms with E-state index in [1.54, 1.807) is 0 Å². The first-order chi connectivity index (χ1) is 5.07. The molecule has 3 heteroatoms. The van der Waals surface area contributed by atoms with E-state index in [0.29, 0.717) is 6.42 Å². The van der Waals surface area contributed by atoms with Crippen LogP contribution in [0.5, 0.6) is 0 Å². The van der Waals surface area contributed by atoms with Gasteiger partial charge in [0.1, 0.15) is 0 Å². The molecule has 0 unspecified atom stereocenters. The van der Waals surface area contributed by atoms with Gasteiger partial charge in [-0.2, -0.15) is 0 Å². The van der Waals surface area contributed by atoms with E-state index in [-0.39, 0.29) is 12.0 Å². The first kappa shape index (κ1) is 10.2. The van der Waals surface area contributed by atoms with Crippen molar-refractivity contribution >= 4 is 5.97 Å². The van der Waals surface area contributed by atoms with Gasteiger partial charge in [-0.05, 0) is 6.42 Å². The van der Waals surface area contributed by atoms with Crippen molar-refractivity contribution < 1.29 is 15.0 Å². The Balaban J connectivity index is 3.66. The van der Waals surface area contributed by atoms with Crippen LogP contribution in [0.1, 0.15) is 26.2 Å². The molecule has 0 heterocycles. The Hall–Kier alpha value is -0.830. The van der Waals surface area contributed by atoms with E-state index in [9.17, 15) is 4.79 Å². The number of hydrogen-bond acceptors (Lipinski definition) is 2. The SMILES string of the molecule is C=C(C[C@H](O)CCC)C(=O)O. The number of carboxylic acid groups (broad SMARTS) is 1. The van der Waals surface area contributed by atoms with Crippen molar-refractivity contribution in [2.24, 2.45) is 0 Å². The lowest BCUT2D eigenvalue weighted by Gasteiger charge is -2.07. The van der Waals surface area contributed by atoms with Crippen molar-refractivity contribution in [3.8, 4) is 0 Å². The number of aliphatic hydroxyl groups is 1. The molecule has 0 radical (unpaired) electrons. The molecule has 0 aromatic heterocycles. The number of aliphatic hydroxyl groups excluding tert-OH is 1. The fourth-order valence-corrected chi connectivity index (χ4v) is 0.807. The summed E-state index contributed by atoms with van der Waals surface area (Å²) in [6, 6.07) is 0. The lowest BCUT2D eigenvalue weighted by atomic mass is 10.1. The lowest BCUT2D eigenvalue weighted by Crippen LogP contribution is -2.11. The topological polar surface area (TPSA) is 57.5 Å². The fraction of sp³-hybridized carbons (Fsp3) is 0.625. The quantitative estimate of drug-likeness (QED) is 0.590. The van der Waals surface area contributed by atoms with Crippen molar-refractivity contribution in [1.82, 2.24) is 0 Å². The van der Waals surface area contributed by atoms with Gasteiger partial charge in [0, 0.05) is 12.0 Å². The molecule has 0 aromatic carbocycles. The molecule has 0 rings (SSSR count). The summed E-state index contributed by atoms with van der Waals surface area (Å²) in [7, 11) is 0. The van der Waals surface area contributed by atoms with E-state index >= 15 is 0 Å². The van der Waals surface area contributed by atoms with Crippen LogP contribution in [-0.2, 0) is 4.79 Å². The van der Waals surface area contributed by atoms with Gasteiger partial charge in [-0.15, -0.1) is 0 Å². The van der Waals surface area contributed by atoms with Crippen LogP contribution in [0.3, 0.4) is 0 Å². The second-order valence-electron chi connectivity index (χ2n) is 2.56. The van der Waals surface area contributed by atoms with Crippen molar-refractivity contribution in [2.45, 2.75) is 32.3 Å². The summed E-state index contributed by atoms with van der Waals surface area (Å²) in [5, 5.41) is 17.5. The molecule has 0 spiro atoms. The molecule has 0 aliphatic rings. The van der Waals surface area contributed by atoms with Gasteiger partial charge in [0.15, 0.2) is 0 Å². The van der Waals surface area contributed by atoms with Gasteiger partial charge in [-0.25, -0.2) is 4.79 Å². The smallest absolute Gasteiger partial charge is 0.331 e. The Labute approximate surface area is 66.4 Å². The molecule has 0 saturated heterocycles. The van der Waals surface area contributed by atoms with Gasteiger partial charge >= 0.3 is 5.97 Å². The van der Waals surface area contributed by atoms with E-state index in [1.807, 2.05) is 6.92 Å². The third kappa shape index (κ3) is 4.56. The molecule has 0 saturated carbocycles. The van der Waals surface area contributed by atoms with Gasteiger partial charge in [-0.1, -0.05) is 19.9 Å². The highest BCUT2D eigenvalue weighted by Gasteiger charge is 2.09. The van der Waals surface area contributed by atoms with Crippen molar-refractivity contribution in [1.29, 1.82) is 0 Å². The summed E-state index contributed by atoms with van der Waals surface area (Å²) in [4.78, 5) is 10.2. The molecule has 0 aliphatic carbocycles. The standard InChI is InChI=1S/C8H14O3/c1-3-4-7(9)5-6(2)8(10)11/h7,9H,2-5H2,1H3,(H,10,11)/t7-/m1/s1. The first-order valence-electron chi connectivity index (χ1n) is 3.67. The van der Waals surface area contributed by atoms with Crippen LogP contribution in [0.2, 0.25) is 0 Å². The summed E-state index contributed by atoms with van der Waals surface area (Å²) in [5.74, 6) is -1.03. The van der Waals surface area contributed by atoms with Gasteiger partial charge in [0.2, 0.25) is 0 Å². The van der Waals surface area contributed by atoms with Gasteiger partial charge in [0.05, 0.1) is 6.10 Å². The monoisotopic (exact) mass is 158 g/mol. The summed E-state index contributed by atoms with van der Waals surface area (Å²) in [6.45, 7) is 5.25. The predicted octanol–water partition coefficient (Wildman–Crippen LogP) is 1.18. The molecule has 0 aromatic rings. The fourth-order valence-electron chi connectivity index (χ4n) is 0.807. The molecule has 0 fully saturated rings. The van der Waals surface area contributed by atoms with Crippen LogP contribution in [-0.4, -0.2) is 22.3 Å². The van der Waals surface area contributed by atoms with Crippen LogP contribution >= 0.6 is 0 Å². The number of carbonyl (C=O) groups is 1. The molecule has 0 amide bonds. The molecule has 1 atom stereocenters. The normalized spacial score (nSPS) is 12.5. The average molecular weight is 158 g/mol. The van der Waals surface area contributed by atoms with Crippen molar-refractivity contribution in [3.05, 3.63) is 12.2 Å². The molecule has 2 N–H and O–H groups in total. The van der Waals surface area contributed by atoms with E-state index < -0.39 is 12.1 Å². The van der Waals surface area contributed by atoms with Crippen LogP contribution in [0.25, 0.3) is 0 Å². The molecular weight excluding hydrogens is 144 g/mol. The minimum Gasteiger partial charge on any atom is -0.478 e. The minimum absolute atomic E-state index is 0.0750. The first-order valence-corrected chi connectivity index (χ1v) is 3.67. The van der Waals surface area contributed by atoms with Crippen molar-refractivity contribution in [2.75, 3.05) is 0 Å². The molecule has 3 nitrogen and oxygen atoms in total. The maximum absolute atomic E-state index is 10.2. The number of rotatable bonds is 5. The Kier molecular flexibility index (Phi) is 4.54. The molecular formula is C8H14O3. The molecule has 0 bridgehead atoms. The second-order valence-corrected chi connectivity index (χ2v) is 2.56. The van der Waals surface area contributed by atoms with Crippen LogP contribution in [0, 0.1) is 0 Å². The van der Waals surface area contributed by atoms with Gasteiger partial charge < -0.3 is 10.2 Å². The zero-order valence-electron chi connectivity index (χ0n) is 6.71. The Morgan fingerprint density at radius 3 is 2.55 bits per heavy atom. The lowest BCUT2D eigenvalue weighted by molar-refractivity contribution is -0.133. The Morgan fingerprint density at radius 2 is 2.18 bits per heavy atom.